The van der Waals surface area contributed by atoms with Crippen LogP contribution < -0.4 is 5.56 Å². The summed E-state index contributed by atoms with van der Waals surface area (Å²) in [7, 11) is 2.04. The number of nitrogens with zero attached hydrogens (tertiary/aromatic N) is 3. The molecule has 0 unspecified atom stereocenters. The summed E-state index contributed by atoms with van der Waals surface area (Å²) in [4.78, 5) is 19.1. The number of benzene rings is 1. The Morgan fingerprint density at radius 1 is 1.26 bits per heavy atom. The van der Waals surface area contributed by atoms with Crippen molar-refractivity contribution in [3.05, 3.63) is 38.9 Å². The standard InChI is InChI=1S/C16H19Cl2N3O2/c1-20-7-4-16(23,5-8-20)6-9-21-10-19-14-12(18)3-2-11(17)13(14)15(21)22/h2-3,10,23H,4-9H2,1H3. The molecule has 2 heterocycles. The lowest BCUT2D eigenvalue weighted by Gasteiger charge is -2.36. The highest BCUT2D eigenvalue weighted by atomic mass is 35.5. The number of hydrogen-bond acceptors (Lipinski definition) is 4. The minimum Gasteiger partial charge on any atom is -0.390 e. The monoisotopic (exact) mass is 355 g/mol. The molecule has 0 bridgehead atoms. The van der Waals surface area contributed by atoms with Crippen LogP contribution >= 0.6 is 23.2 Å². The molecule has 0 atom stereocenters. The van der Waals surface area contributed by atoms with Crippen LogP contribution in [0.25, 0.3) is 10.9 Å². The van der Waals surface area contributed by atoms with Gasteiger partial charge in [0.15, 0.2) is 0 Å². The Balaban J connectivity index is 1.85. The molecule has 5 nitrogen and oxygen atoms in total. The van der Waals surface area contributed by atoms with Gasteiger partial charge in [0.1, 0.15) is 0 Å². The molecule has 124 valence electrons. The second-order valence-corrected chi connectivity index (χ2v) is 7.09. The molecule has 1 aliphatic rings. The summed E-state index contributed by atoms with van der Waals surface area (Å²) >= 11 is 12.2. The average Bonchev–Trinajstić information content (AvgIpc) is 2.53. The van der Waals surface area contributed by atoms with E-state index in [0.29, 0.717) is 46.8 Å². The van der Waals surface area contributed by atoms with Gasteiger partial charge in [0.25, 0.3) is 5.56 Å². The normalized spacial score (nSPS) is 18.4. The van der Waals surface area contributed by atoms with E-state index in [2.05, 4.69) is 9.88 Å². The summed E-state index contributed by atoms with van der Waals surface area (Å²) in [5.41, 5.74) is -0.531. The first kappa shape index (κ1) is 16.7. The molecule has 1 N–H and O–H groups in total. The van der Waals surface area contributed by atoms with Crippen LogP contribution in [0, 0.1) is 0 Å². The fourth-order valence-electron chi connectivity index (χ4n) is 2.97. The average molecular weight is 356 g/mol. The van der Waals surface area contributed by atoms with Crippen molar-refractivity contribution in [3.8, 4) is 0 Å². The molecular formula is C16H19Cl2N3O2. The number of aryl methyl sites for hydroxylation is 1. The molecule has 0 aliphatic carbocycles. The number of hydrogen-bond donors (Lipinski definition) is 1. The minimum atomic E-state index is -0.723. The topological polar surface area (TPSA) is 58.4 Å². The van der Waals surface area contributed by atoms with Crippen molar-refractivity contribution >= 4 is 34.1 Å². The maximum atomic E-state index is 12.6. The highest BCUT2D eigenvalue weighted by Crippen LogP contribution is 2.27. The van der Waals surface area contributed by atoms with E-state index >= 15 is 0 Å². The molecule has 1 aromatic heterocycles. The smallest absolute Gasteiger partial charge is 0.262 e. The molecule has 1 saturated heterocycles. The molecular weight excluding hydrogens is 337 g/mol. The van der Waals surface area contributed by atoms with Gasteiger partial charge in [0.2, 0.25) is 0 Å². The third-order valence-electron chi connectivity index (χ3n) is 4.61. The van der Waals surface area contributed by atoms with Crippen molar-refractivity contribution in [2.45, 2.75) is 31.4 Å². The first-order valence-electron chi connectivity index (χ1n) is 7.64. The quantitative estimate of drug-likeness (QED) is 0.918. The zero-order chi connectivity index (χ0) is 16.6. The van der Waals surface area contributed by atoms with Gasteiger partial charge in [-0.3, -0.25) is 9.36 Å². The number of likely N-dealkylation sites (tertiary alicyclic amines) is 1. The van der Waals surface area contributed by atoms with Gasteiger partial charge in [-0.25, -0.2) is 4.98 Å². The van der Waals surface area contributed by atoms with E-state index in [4.69, 9.17) is 23.2 Å². The van der Waals surface area contributed by atoms with Crippen LogP contribution in [0.2, 0.25) is 10.0 Å². The van der Waals surface area contributed by atoms with Crippen LogP contribution in [0.4, 0.5) is 0 Å². The van der Waals surface area contributed by atoms with Crippen molar-refractivity contribution < 1.29 is 5.11 Å². The molecule has 0 amide bonds. The largest absolute Gasteiger partial charge is 0.390 e. The van der Waals surface area contributed by atoms with Gasteiger partial charge in [-0.1, -0.05) is 23.2 Å². The highest BCUT2D eigenvalue weighted by Gasteiger charge is 2.30. The van der Waals surface area contributed by atoms with E-state index in [9.17, 15) is 9.90 Å². The molecule has 3 rings (SSSR count). The fraction of sp³-hybridized carbons (Fsp3) is 0.500. The van der Waals surface area contributed by atoms with E-state index in [1.807, 2.05) is 7.05 Å². The van der Waals surface area contributed by atoms with E-state index in [0.717, 1.165) is 13.1 Å². The summed E-state index contributed by atoms with van der Waals surface area (Å²) in [6, 6.07) is 3.23. The van der Waals surface area contributed by atoms with Crippen molar-refractivity contribution in [1.29, 1.82) is 0 Å². The molecule has 1 aliphatic heterocycles. The summed E-state index contributed by atoms with van der Waals surface area (Å²) in [5, 5.41) is 11.7. The van der Waals surface area contributed by atoms with Crippen LogP contribution in [0.1, 0.15) is 19.3 Å². The van der Waals surface area contributed by atoms with E-state index in [1.54, 1.807) is 12.1 Å². The summed E-state index contributed by atoms with van der Waals surface area (Å²) in [6.45, 7) is 2.14. The van der Waals surface area contributed by atoms with Crippen molar-refractivity contribution in [2.24, 2.45) is 0 Å². The summed E-state index contributed by atoms with van der Waals surface area (Å²) in [5.74, 6) is 0. The zero-order valence-electron chi connectivity index (χ0n) is 12.9. The molecule has 0 saturated carbocycles. The Bertz CT molecular complexity index is 783. The number of piperidine rings is 1. The van der Waals surface area contributed by atoms with Crippen LogP contribution in [-0.4, -0.2) is 45.3 Å². The molecule has 7 heteroatoms. The molecule has 2 aromatic rings. The van der Waals surface area contributed by atoms with Crippen LogP contribution in [0.3, 0.4) is 0 Å². The van der Waals surface area contributed by atoms with Gasteiger partial charge in [-0.2, -0.15) is 0 Å². The van der Waals surface area contributed by atoms with Gasteiger partial charge in [0, 0.05) is 19.6 Å². The van der Waals surface area contributed by atoms with Gasteiger partial charge in [0.05, 0.1) is 32.9 Å². The second-order valence-electron chi connectivity index (χ2n) is 6.27. The third-order valence-corrected chi connectivity index (χ3v) is 5.23. The van der Waals surface area contributed by atoms with Crippen LogP contribution in [0.15, 0.2) is 23.3 Å². The van der Waals surface area contributed by atoms with Crippen molar-refractivity contribution in [3.63, 3.8) is 0 Å². The van der Waals surface area contributed by atoms with Gasteiger partial charge in [-0.15, -0.1) is 0 Å². The lowest BCUT2D eigenvalue weighted by Crippen LogP contribution is -2.43. The third kappa shape index (κ3) is 3.38. The van der Waals surface area contributed by atoms with Gasteiger partial charge in [-0.05, 0) is 38.4 Å². The first-order valence-corrected chi connectivity index (χ1v) is 8.39. The molecule has 23 heavy (non-hydrogen) atoms. The molecule has 1 aromatic carbocycles. The number of aromatic nitrogens is 2. The number of halogens is 2. The predicted molar refractivity (Wildman–Crippen MR) is 92.3 cm³/mol. The first-order chi connectivity index (χ1) is 10.9. The minimum absolute atomic E-state index is 0.223. The summed E-state index contributed by atoms with van der Waals surface area (Å²) < 4.78 is 1.50. The van der Waals surface area contributed by atoms with Crippen LogP contribution in [-0.2, 0) is 6.54 Å². The highest BCUT2D eigenvalue weighted by molar-refractivity contribution is 6.39. The Hall–Kier alpha value is -1.14. The lowest BCUT2D eigenvalue weighted by molar-refractivity contribution is -0.0255. The van der Waals surface area contributed by atoms with E-state index in [-0.39, 0.29) is 5.56 Å². The predicted octanol–water partition coefficient (Wildman–Crippen LogP) is 2.55. The number of fused-ring (bicyclic) bond motifs is 1. The Morgan fingerprint density at radius 3 is 2.61 bits per heavy atom. The molecule has 0 radical (unpaired) electrons. The van der Waals surface area contributed by atoms with Gasteiger partial charge < -0.3 is 10.0 Å². The van der Waals surface area contributed by atoms with E-state index in [1.165, 1.54) is 10.9 Å². The molecule has 1 fully saturated rings. The van der Waals surface area contributed by atoms with Crippen molar-refractivity contribution in [1.82, 2.24) is 14.5 Å². The van der Waals surface area contributed by atoms with Gasteiger partial charge >= 0.3 is 0 Å². The lowest BCUT2D eigenvalue weighted by atomic mass is 9.88. The Morgan fingerprint density at radius 2 is 1.91 bits per heavy atom. The Labute approximate surface area is 144 Å². The van der Waals surface area contributed by atoms with Crippen LogP contribution in [0.5, 0.6) is 0 Å². The SMILES string of the molecule is CN1CCC(O)(CCn2cnc3c(Cl)ccc(Cl)c3c2=O)CC1. The fourth-order valence-corrected chi connectivity index (χ4v) is 3.41. The van der Waals surface area contributed by atoms with E-state index < -0.39 is 5.60 Å². The van der Waals surface area contributed by atoms with Crippen molar-refractivity contribution in [2.75, 3.05) is 20.1 Å². The zero-order valence-corrected chi connectivity index (χ0v) is 14.4. The second kappa shape index (κ2) is 6.40. The summed E-state index contributed by atoms with van der Waals surface area (Å²) in [6.07, 6.45) is 3.43. The maximum absolute atomic E-state index is 12.6. The number of aliphatic hydroxyl groups is 1. The molecule has 0 spiro atoms. The number of rotatable bonds is 3. The maximum Gasteiger partial charge on any atom is 0.262 e. The Kier molecular flexibility index (Phi) is 4.65.